The highest BCUT2D eigenvalue weighted by Crippen LogP contribution is 2.29. The third-order valence-electron chi connectivity index (χ3n) is 5.28. The fourth-order valence-electron chi connectivity index (χ4n) is 3.51. The Kier molecular flexibility index (Phi) is 6.51. The number of anilines is 1. The van der Waals surface area contributed by atoms with Crippen LogP contribution in [0, 0.1) is 19.8 Å². The molecule has 2 aromatic rings. The molecular weight excluding hydrogens is 412 g/mol. The summed E-state index contributed by atoms with van der Waals surface area (Å²) in [4.78, 5) is 13.0. The zero-order chi connectivity index (χ0) is 21.2. The fraction of sp³-hybridized carbons (Fsp3) is 0.381. The minimum atomic E-state index is -3.69. The monoisotopic (exact) mass is 436 g/mol. The summed E-state index contributed by atoms with van der Waals surface area (Å²) in [7, 11) is -2.14. The first-order valence-electron chi connectivity index (χ1n) is 9.45. The van der Waals surface area contributed by atoms with Gasteiger partial charge in [0.25, 0.3) is 0 Å². The number of hydrogen-bond donors (Lipinski definition) is 1. The van der Waals surface area contributed by atoms with Crippen molar-refractivity contribution in [2.24, 2.45) is 5.92 Å². The number of nitrogens with one attached hydrogen (secondary N) is 1. The van der Waals surface area contributed by atoms with Crippen molar-refractivity contribution in [2.45, 2.75) is 31.6 Å². The van der Waals surface area contributed by atoms with Crippen molar-refractivity contribution in [3.8, 4) is 5.75 Å². The van der Waals surface area contributed by atoms with Gasteiger partial charge in [-0.25, -0.2) is 8.42 Å². The molecular formula is C21H25ClN2O4S. The number of amides is 1. The topological polar surface area (TPSA) is 75.7 Å². The number of carbonyl (C=O) groups is 1. The lowest BCUT2D eigenvalue weighted by Crippen LogP contribution is -2.43. The molecule has 156 valence electrons. The Morgan fingerprint density at radius 2 is 2.00 bits per heavy atom. The molecule has 0 spiro atoms. The van der Waals surface area contributed by atoms with E-state index in [0.717, 1.165) is 11.1 Å². The number of carbonyl (C=O) groups excluding carboxylic acids is 1. The third kappa shape index (κ3) is 4.57. The molecule has 0 aromatic heterocycles. The van der Waals surface area contributed by atoms with E-state index < -0.39 is 15.9 Å². The van der Waals surface area contributed by atoms with Crippen LogP contribution >= 0.6 is 11.6 Å². The average Bonchev–Trinajstić information content (AvgIpc) is 2.71. The van der Waals surface area contributed by atoms with E-state index in [4.69, 9.17) is 16.3 Å². The molecule has 0 bridgehead atoms. The van der Waals surface area contributed by atoms with Crippen LogP contribution < -0.4 is 10.1 Å². The zero-order valence-electron chi connectivity index (χ0n) is 16.7. The molecule has 1 fully saturated rings. The molecule has 1 atom stereocenters. The Morgan fingerprint density at radius 3 is 2.69 bits per heavy atom. The summed E-state index contributed by atoms with van der Waals surface area (Å²) in [6.45, 7) is 4.19. The first-order valence-corrected chi connectivity index (χ1v) is 11.3. The molecule has 0 saturated carbocycles. The zero-order valence-corrected chi connectivity index (χ0v) is 18.3. The number of aryl methyl sites for hydroxylation is 1. The molecule has 1 aliphatic rings. The summed E-state index contributed by atoms with van der Waals surface area (Å²) in [5.74, 6) is 0.0224. The van der Waals surface area contributed by atoms with Crippen LogP contribution in [-0.4, -0.2) is 38.8 Å². The molecule has 3 rings (SSSR count). The maximum absolute atomic E-state index is 13.1. The van der Waals surface area contributed by atoms with Crippen LogP contribution in [0.15, 0.2) is 41.3 Å². The molecule has 8 heteroatoms. The molecule has 2 aromatic carbocycles. The highest BCUT2D eigenvalue weighted by Gasteiger charge is 2.33. The van der Waals surface area contributed by atoms with E-state index in [0.29, 0.717) is 35.8 Å². The number of rotatable bonds is 5. The summed E-state index contributed by atoms with van der Waals surface area (Å²) < 4.78 is 32.8. The molecule has 1 aliphatic heterocycles. The van der Waals surface area contributed by atoms with Crippen molar-refractivity contribution < 1.29 is 17.9 Å². The van der Waals surface area contributed by atoms with Gasteiger partial charge in [0, 0.05) is 23.8 Å². The molecule has 29 heavy (non-hydrogen) atoms. The molecule has 6 nitrogen and oxygen atoms in total. The molecule has 1 N–H and O–H groups in total. The van der Waals surface area contributed by atoms with Crippen molar-refractivity contribution in [3.63, 3.8) is 0 Å². The van der Waals surface area contributed by atoms with E-state index in [1.165, 1.54) is 4.31 Å². The number of benzene rings is 2. The maximum atomic E-state index is 13.1. The first-order chi connectivity index (χ1) is 13.7. The molecule has 0 aliphatic carbocycles. The minimum Gasteiger partial charge on any atom is -0.496 e. The maximum Gasteiger partial charge on any atom is 0.243 e. The number of hydrogen-bond acceptors (Lipinski definition) is 4. The molecule has 0 radical (unpaired) electrons. The molecule has 0 unspecified atom stereocenters. The van der Waals surface area contributed by atoms with Crippen LogP contribution in [0.4, 0.5) is 5.69 Å². The second-order valence-corrected chi connectivity index (χ2v) is 9.58. The van der Waals surface area contributed by atoms with E-state index in [-0.39, 0.29) is 17.3 Å². The lowest BCUT2D eigenvalue weighted by atomic mass is 9.98. The summed E-state index contributed by atoms with van der Waals surface area (Å²) in [6.07, 6.45) is 1.26. The van der Waals surface area contributed by atoms with Gasteiger partial charge >= 0.3 is 0 Å². The minimum absolute atomic E-state index is 0.152. The van der Waals surface area contributed by atoms with Crippen LogP contribution in [0.25, 0.3) is 0 Å². The van der Waals surface area contributed by atoms with Gasteiger partial charge in [0.05, 0.1) is 17.9 Å². The van der Waals surface area contributed by atoms with Crippen molar-refractivity contribution in [2.75, 3.05) is 25.5 Å². The number of sulfonamides is 1. The number of nitrogens with zero attached hydrogens (tertiary/aromatic N) is 1. The van der Waals surface area contributed by atoms with Gasteiger partial charge in [0.2, 0.25) is 15.9 Å². The van der Waals surface area contributed by atoms with Crippen LogP contribution in [0.2, 0.25) is 5.02 Å². The molecule has 1 saturated heterocycles. The highest BCUT2D eigenvalue weighted by molar-refractivity contribution is 7.89. The Hall–Kier alpha value is -2.09. The lowest BCUT2D eigenvalue weighted by molar-refractivity contribution is -0.120. The number of ether oxygens (including phenoxy) is 1. The van der Waals surface area contributed by atoms with Gasteiger partial charge in [-0.05, 0) is 68.1 Å². The smallest absolute Gasteiger partial charge is 0.243 e. The average molecular weight is 437 g/mol. The normalized spacial score (nSPS) is 17.7. The fourth-order valence-corrected chi connectivity index (χ4v) is 5.30. The predicted molar refractivity (Wildman–Crippen MR) is 114 cm³/mol. The van der Waals surface area contributed by atoms with Crippen molar-refractivity contribution >= 4 is 33.2 Å². The summed E-state index contributed by atoms with van der Waals surface area (Å²) in [6, 6.07) is 10.1. The van der Waals surface area contributed by atoms with Crippen LogP contribution in [0.3, 0.4) is 0 Å². The second-order valence-electron chi connectivity index (χ2n) is 7.24. The van der Waals surface area contributed by atoms with Crippen molar-refractivity contribution in [1.82, 2.24) is 4.31 Å². The second kappa shape index (κ2) is 8.73. The van der Waals surface area contributed by atoms with Crippen molar-refractivity contribution in [3.05, 3.63) is 52.5 Å². The third-order valence-corrected chi connectivity index (χ3v) is 7.56. The van der Waals surface area contributed by atoms with Crippen LogP contribution in [0.1, 0.15) is 24.0 Å². The van der Waals surface area contributed by atoms with Gasteiger partial charge in [0.1, 0.15) is 5.75 Å². The lowest BCUT2D eigenvalue weighted by Gasteiger charge is -2.31. The van der Waals surface area contributed by atoms with Crippen LogP contribution in [-0.2, 0) is 14.8 Å². The Labute approximate surface area is 176 Å². The first kappa shape index (κ1) is 21.6. The molecule has 1 amide bonds. The molecule has 1 heterocycles. The van der Waals surface area contributed by atoms with Crippen molar-refractivity contribution in [1.29, 1.82) is 0 Å². The Balaban J connectivity index is 1.76. The van der Waals surface area contributed by atoms with E-state index in [1.807, 2.05) is 6.92 Å². The number of piperidine rings is 1. The van der Waals surface area contributed by atoms with Crippen LogP contribution in [0.5, 0.6) is 5.75 Å². The van der Waals surface area contributed by atoms with E-state index >= 15 is 0 Å². The quantitative estimate of drug-likeness (QED) is 0.768. The summed E-state index contributed by atoms with van der Waals surface area (Å²) in [5.41, 5.74) is 2.18. The number of methoxy groups -OCH3 is 1. The van der Waals surface area contributed by atoms with E-state index in [9.17, 15) is 13.2 Å². The standard InChI is InChI=1S/C21H25ClN2O4S/c1-14-12-17(9-10-20(14)28-3)29(26,27)24-11-5-6-16(13-24)21(25)23-19-8-4-7-18(22)15(19)2/h4,7-10,12,16H,5-6,11,13H2,1-3H3,(H,23,25)/t16-/m0/s1. The summed E-state index contributed by atoms with van der Waals surface area (Å²) >= 11 is 6.12. The van der Waals surface area contributed by atoms with E-state index in [1.54, 1.807) is 50.4 Å². The van der Waals surface area contributed by atoms with Gasteiger partial charge in [-0.2, -0.15) is 4.31 Å². The van der Waals surface area contributed by atoms with Gasteiger partial charge in [-0.15, -0.1) is 0 Å². The number of halogens is 1. The Morgan fingerprint density at radius 1 is 1.24 bits per heavy atom. The van der Waals surface area contributed by atoms with Gasteiger partial charge < -0.3 is 10.1 Å². The van der Waals surface area contributed by atoms with Gasteiger partial charge in [-0.3, -0.25) is 4.79 Å². The highest BCUT2D eigenvalue weighted by atomic mass is 35.5. The Bertz CT molecular complexity index is 1020. The van der Waals surface area contributed by atoms with E-state index in [2.05, 4.69) is 5.32 Å². The SMILES string of the molecule is COc1ccc(S(=O)(=O)N2CCC[C@H](C(=O)Nc3cccc(Cl)c3C)C2)cc1C. The predicted octanol–water partition coefficient (Wildman–Crippen LogP) is 4.00. The van der Waals surface area contributed by atoms with Gasteiger partial charge in [-0.1, -0.05) is 17.7 Å². The largest absolute Gasteiger partial charge is 0.496 e. The van der Waals surface area contributed by atoms with Gasteiger partial charge in [0.15, 0.2) is 0 Å². The summed E-state index contributed by atoms with van der Waals surface area (Å²) in [5, 5.41) is 3.47.